The van der Waals surface area contributed by atoms with E-state index in [2.05, 4.69) is 10.3 Å². The lowest BCUT2D eigenvalue weighted by Crippen LogP contribution is -2.23. The highest BCUT2D eigenvalue weighted by molar-refractivity contribution is 5.81. The van der Waals surface area contributed by atoms with Gasteiger partial charge in [-0.25, -0.2) is 4.68 Å². The average Bonchev–Trinajstić information content (AvgIpc) is 2.57. The Morgan fingerprint density at radius 1 is 1.40 bits per heavy atom. The van der Waals surface area contributed by atoms with Crippen LogP contribution < -0.4 is 5.56 Å². The Morgan fingerprint density at radius 2 is 2.13 bits per heavy atom. The molecule has 0 bridgehead atoms. The van der Waals surface area contributed by atoms with E-state index in [9.17, 15) is 4.79 Å². The predicted octanol–water partition coefficient (Wildman–Crippen LogP) is 1.41. The van der Waals surface area contributed by atoms with Gasteiger partial charge in [-0.05, 0) is 20.3 Å². The van der Waals surface area contributed by atoms with Gasteiger partial charge < -0.3 is 4.52 Å². The molecule has 0 aliphatic rings. The number of aromatic nitrogens is 3. The first kappa shape index (κ1) is 9.89. The lowest BCUT2D eigenvalue weighted by atomic mass is 10.2. The lowest BCUT2D eigenvalue weighted by molar-refractivity contribution is 0.404. The van der Waals surface area contributed by atoms with E-state index in [0.717, 1.165) is 17.5 Å². The minimum atomic E-state index is -0.172. The van der Waals surface area contributed by atoms with Gasteiger partial charge in [0, 0.05) is 6.54 Å². The van der Waals surface area contributed by atoms with Crippen LogP contribution in [0.5, 0.6) is 0 Å². The monoisotopic (exact) mass is 207 g/mol. The summed E-state index contributed by atoms with van der Waals surface area (Å²) < 4.78 is 6.45. The Hall–Kier alpha value is -1.65. The molecule has 0 amide bonds. The molecule has 5 heteroatoms. The summed E-state index contributed by atoms with van der Waals surface area (Å²) in [6.45, 7) is 6.26. The van der Waals surface area contributed by atoms with Crippen LogP contribution >= 0.6 is 0 Å². The standard InChI is InChI=1S/C10H13N3O2/c1-4-5-13-10(14)9-8(6(2)11-13)7(3)15-12-9/h4-5H2,1-3H3. The van der Waals surface area contributed by atoms with Crippen LogP contribution in [0.4, 0.5) is 0 Å². The first-order valence-electron chi connectivity index (χ1n) is 4.98. The molecule has 80 valence electrons. The molecule has 0 saturated heterocycles. The van der Waals surface area contributed by atoms with Crippen molar-refractivity contribution in [2.45, 2.75) is 33.7 Å². The maximum atomic E-state index is 11.9. The van der Waals surface area contributed by atoms with Gasteiger partial charge in [-0.3, -0.25) is 4.79 Å². The van der Waals surface area contributed by atoms with Crippen molar-refractivity contribution in [1.82, 2.24) is 14.9 Å². The number of hydrogen-bond acceptors (Lipinski definition) is 4. The Bertz CT molecular complexity index is 554. The summed E-state index contributed by atoms with van der Waals surface area (Å²) in [5.74, 6) is 0.649. The largest absolute Gasteiger partial charge is 0.360 e. The minimum absolute atomic E-state index is 0.172. The number of nitrogens with zero attached hydrogens (tertiary/aromatic N) is 3. The Kier molecular flexibility index (Phi) is 2.30. The van der Waals surface area contributed by atoms with Crippen molar-refractivity contribution in [3.05, 3.63) is 21.8 Å². The smallest absolute Gasteiger partial charge is 0.296 e. The molecule has 2 rings (SSSR count). The van der Waals surface area contributed by atoms with E-state index in [1.165, 1.54) is 4.68 Å². The van der Waals surface area contributed by atoms with Crippen LogP contribution in [0.1, 0.15) is 24.8 Å². The topological polar surface area (TPSA) is 60.9 Å². The SMILES string of the molecule is CCCn1nc(C)c2c(C)onc2c1=O. The van der Waals surface area contributed by atoms with Crippen LogP contribution in [0.15, 0.2) is 9.32 Å². The first-order valence-corrected chi connectivity index (χ1v) is 4.98. The number of hydrogen-bond donors (Lipinski definition) is 0. The van der Waals surface area contributed by atoms with Crippen molar-refractivity contribution in [1.29, 1.82) is 0 Å². The maximum Gasteiger partial charge on any atom is 0.296 e. The fourth-order valence-corrected chi connectivity index (χ4v) is 1.71. The molecular weight excluding hydrogens is 194 g/mol. The summed E-state index contributed by atoms with van der Waals surface area (Å²) in [5.41, 5.74) is 1.000. The molecule has 0 radical (unpaired) electrons. The summed E-state index contributed by atoms with van der Waals surface area (Å²) in [6, 6.07) is 0. The highest BCUT2D eigenvalue weighted by atomic mass is 16.5. The number of fused-ring (bicyclic) bond motifs is 1. The van der Waals surface area contributed by atoms with Gasteiger partial charge >= 0.3 is 0 Å². The van der Waals surface area contributed by atoms with Gasteiger partial charge in [-0.2, -0.15) is 5.10 Å². The van der Waals surface area contributed by atoms with Crippen molar-refractivity contribution in [2.75, 3.05) is 0 Å². The van der Waals surface area contributed by atoms with Gasteiger partial charge in [0.25, 0.3) is 5.56 Å². The molecule has 0 atom stereocenters. The first-order chi connectivity index (χ1) is 7.15. The third-order valence-electron chi connectivity index (χ3n) is 2.37. The summed E-state index contributed by atoms with van der Waals surface area (Å²) in [4.78, 5) is 11.9. The van der Waals surface area contributed by atoms with Gasteiger partial charge in [0.1, 0.15) is 5.76 Å². The molecule has 15 heavy (non-hydrogen) atoms. The Labute approximate surface area is 86.7 Å². The predicted molar refractivity (Wildman–Crippen MR) is 55.8 cm³/mol. The fourth-order valence-electron chi connectivity index (χ4n) is 1.71. The molecule has 0 unspecified atom stereocenters. The van der Waals surface area contributed by atoms with Crippen LogP contribution in [-0.4, -0.2) is 14.9 Å². The van der Waals surface area contributed by atoms with E-state index in [4.69, 9.17) is 4.52 Å². The molecule has 2 aromatic heterocycles. The second kappa shape index (κ2) is 3.49. The number of rotatable bonds is 2. The Morgan fingerprint density at radius 3 is 2.80 bits per heavy atom. The zero-order chi connectivity index (χ0) is 11.0. The van der Waals surface area contributed by atoms with Crippen molar-refractivity contribution in [3.8, 4) is 0 Å². The molecule has 0 aliphatic heterocycles. The third kappa shape index (κ3) is 1.44. The van der Waals surface area contributed by atoms with E-state index in [1.54, 1.807) is 6.92 Å². The molecular formula is C10H13N3O2. The van der Waals surface area contributed by atoms with Crippen molar-refractivity contribution in [3.63, 3.8) is 0 Å². The second-order valence-corrected chi connectivity index (χ2v) is 3.58. The second-order valence-electron chi connectivity index (χ2n) is 3.58. The average molecular weight is 207 g/mol. The van der Waals surface area contributed by atoms with E-state index in [0.29, 0.717) is 17.8 Å². The molecule has 0 aliphatic carbocycles. The summed E-state index contributed by atoms with van der Waals surface area (Å²) >= 11 is 0. The van der Waals surface area contributed by atoms with Crippen LogP contribution in [0.2, 0.25) is 0 Å². The van der Waals surface area contributed by atoms with Gasteiger partial charge in [-0.1, -0.05) is 12.1 Å². The molecule has 5 nitrogen and oxygen atoms in total. The summed E-state index contributed by atoms with van der Waals surface area (Å²) in [6.07, 6.45) is 0.870. The van der Waals surface area contributed by atoms with Crippen molar-refractivity contribution >= 4 is 10.9 Å². The molecule has 0 spiro atoms. The molecule has 0 fully saturated rings. The van der Waals surface area contributed by atoms with Crippen LogP contribution in [0, 0.1) is 13.8 Å². The normalized spacial score (nSPS) is 11.1. The molecule has 2 heterocycles. The quantitative estimate of drug-likeness (QED) is 0.747. The fraction of sp³-hybridized carbons (Fsp3) is 0.500. The summed E-state index contributed by atoms with van der Waals surface area (Å²) in [7, 11) is 0. The van der Waals surface area contributed by atoms with E-state index in [1.807, 2.05) is 13.8 Å². The molecule has 0 aromatic carbocycles. The van der Waals surface area contributed by atoms with E-state index < -0.39 is 0 Å². The van der Waals surface area contributed by atoms with Gasteiger partial charge in [0.2, 0.25) is 0 Å². The third-order valence-corrected chi connectivity index (χ3v) is 2.37. The van der Waals surface area contributed by atoms with Gasteiger partial charge in [-0.15, -0.1) is 0 Å². The molecule has 0 N–H and O–H groups in total. The van der Waals surface area contributed by atoms with Crippen molar-refractivity contribution < 1.29 is 4.52 Å². The van der Waals surface area contributed by atoms with Gasteiger partial charge in [0.15, 0.2) is 5.52 Å². The zero-order valence-corrected chi connectivity index (χ0v) is 9.07. The van der Waals surface area contributed by atoms with Crippen LogP contribution in [0.3, 0.4) is 0 Å². The minimum Gasteiger partial charge on any atom is -0.360 e. The maximum absolute atomic E-state index is 11.9. The van der Waals surface area contributed by atoms with E-state index >= 15 is 0 Å². The van der Waals surface area contributed by atoms with Crippen LogP contribution in [-0.2, 0) is 6.54 Å². The summed E-state index contributed by atoms with van der Waals surface area (Å²) in [5, 5.41) is 8.74. The van der Waals surface area contributed by atoms with Crippen molar-refractivity contribution in [2.24, 2.45) is 0 Å². The number of aryl methyl sites for hydroxylation is 3. The molecule has 0 saturated carbocycles. The lowest BCUT2D eigenvalue weighted by Gasteiger charge is -2.03. The highest BCUT2D eigenvalue weighted by Gasteiger charge is 2.14. The highest BCUT2D eigenvalue weighted by Crippen LogP contribution is 2.16. The zero-order valence-electron chi connectivity index (χ0n) is 9.07. The van der Waals surface area contributed by atoms with Crippen LogP contribution in [0.25, 0.3) is 10.9 Å². The Balaban J connectivity index is 2.80. The molecule has 2 aromatic rings. The van der Waals surface area contributed by atoms with Gasteiger partial charge in [0.05, 0.1) is 11.1 Å². The van der Waals surface area contributed by atoms with E-state index in [-0.39, 0.29) is 5.56 Å².